The van der Waals surface area contributed by atoms with E-state index in [2.05, 4.69) is 0 Å². The largest absolute Gasteiger partial charge is 0 e. The Morgan fingerprint density at radius 1 is 0.500 bits per heavy atom. The van der Waals surface area contributed by atoms with Gasteiger partial charge < -0.3 is 0 Å². The fourth-order valence-corrected chi connectivity index (χ4v) is 0. The molecule has 0 aromatic carbocycles. The van der Waals surface area contributed by atoms with Gasteiger partial charge in [-0.15, -0.1) is 0 Å². The van der Waals surface area contributed by atoms with Crippen molar-refractivity contribution in [2.24, 2.45) is 0 Å². The van der Waals surface area contributed by atoms with E-state index in [0.29, 0.717) is 0 Å². The standard InChI is InChI=1S/Cu.3Pt. The molecule has 41 valence electrons. The Kier molecular flexibility index (Phi) is 135. The van der Waals surface area contributed by atoms with E-state index in [1.54, 1.807) is 0 Å². The first-order valence-electron chi connectivity index (χ1n) is 0. The van der Waals surface area contributed by atoms with Gasteiger partial charge in [-0.3, -0.25) is 0 Å². The first-order valence-corrected chi connectivity index (χ1v) is 0. The first-order chi connectivity index (χ1) is 0. The normalized spacial score (nSPS) is 0. The van der Waals surface area contributed by atoms with Crippen molar-refractivity contribution >= 4 is 0 Å². The molecule has 0 spiro atoms. The van der Waals surface area contributed by atoms with Crippen molar-refractivity contribution in [1.29, 1.82) is 0 Å². The average molecular weight is 649 g/mol. The minimum Gasteiger partial charge on any atom is 0 e. The summed E-state index contributed by atoms with van der Waals surface area (Å²) in [4.78, 5) is 0. The molecule has 0 nitrogen and oxygen atoms in total. The van der Waals surface area contributed by atoms with E-state index >= 15 is 0 Å². The van der Waals surface area contributed by atoms with Gasteiger partial charge in [0.15, 0.2) is 0 Å². The molecule has 0 aliphatic rings. The fourth-order valence-electron chi connectivity index (χ4n) is 0. The third-order valence-corrected chi connectivity index (χ3v) is 0. The van der Waals surface area contributed by atoms with Crippen LogP contribution in [0.2, 0.25) is 0 Å². The molecular formula is CuPt3. The molecule has 0 atom stereocenters. The van der Waals surface area contributed by atoms with E-state index in [-0.39, 0.29) is 80.3 Å². The minimum absolute atomic E-state index is 0. The van der Waals surface area contributed by atoms with Crippen molar-refractivity contribution < 1.29 is 80.3 Å². The molecule has 0 aromatic rings. The van der Waals surface area contributed by atoms with Gasteiger partial charge in [-0.25, -0.2) is 0 Å². The van der Waals surface area contributed by atoms with Crippen LogP contribution in [0.3, 0.4) is 0 Å². The molecule has 0 rings (SSSR count). The smallest absolute Gasteiger partial charge is 0 e. The van der Waals surface area contributed by atoms with Gasteiger partial charge in [0.2, 0.25) is 0 Å². The molecule has 0 bridgehead atoms. The van der Waals surface area contributed by atoms with E-state index in [9.17, 15) is 0 Å². The predicted octanol–water partition coefficient (Wildman–Crippen LogP) is -0.0100. The van der Waals surface area contributed by atoms with Gasteiger partial charge in [0.05, 0.1) is 0 Å². The Balaban J connectivity index is 0. The summed E-state index contributed by atoms with van der Waals surface area (Å²) in [5.74, 6) is 0. The van der Waals surface area contributed by atoms with Crippen molar-refractivity contribution in [3.63, 3.8) is 0 Å². The van der Waals surface area contributed by atoms with Crippen molar-refractivity contribution in [1.82, 2.24) is 0 Å². The van der Waals surface area contributed by atoms with E-state index in [4.69, 9.17) is 0 Å². The summed E-state index contributed by atoms with van der Waals surface area (Å²) >= 11 is 0. The molecular weight excluding hydrogens is 649 g/mol. The van der Waals surface area contributed by atoms with Crippen LogP contribution in [0, 0.1) is 0 Å². The molecule has 0 aliphatic carbocycles. The van der Waals surface area contributed by atoms with E-state index < -0.39 is 0 Å². The Hall–Kier alpha value is 2.58. The maximum Gasteiger partial charge on any atom is 0 e. The summed E-state index contributed by atoms with van der Waals surface area (Å²) in [6.45, 7) is 0. The maximum atomic E-state index is 0. The zero-order chi connectivity index (χ0) is 0. The van der Waals surface area contributed by atoms with Crippen molar-refractivity contribution in [3.05, 3.63) is 0 Å². The Bertz CT molecular complexity index is 3.25. The number of hydrogen-bond acceptors (Lipinski definition) is 0. The van der Waals surface area contributed by atoms with Crippen LogP contribution in [0.4, 0.5) is 0 Å². The SMILES string of the molecule is [Cu].[Pt].[Pt].[Pt]. The van der Waals surface area contributed by atoms with Gasteiger partial charge in [-0.2, -0.15) is 0 Å². The summed E-state index contributed by atoms with van der Waals surface area (Å²) < 4.78 is 0. The first kappa shape index (κ1) is 30.7. The Morgan fingerprint density at radius 3 is 0.500 bits per heavy atom. The molecule has 0 aromatic heterocycles. The molecule has 1 radical (unpaired) electrons. The summed E-state index contributed by atoms with van der Waals surface area (Å²) in [5, 5.41) is 0. The summed E-state index contributed by atoms with van der Waals surface area (Å²) in [7, 11) is 0. The summed E-state index contributed by atoms with van der Waals surface area (Å²) in [6.07, 6.45) is 0. The second kappa shape index (κ2) is 17.6. The molecule has 0 unspecified atom stereocenters. The van der Waals surface area contributed by atoms with Crippen molar-refractivity contribution in [2.45, 2.75) is 0 Å². The second-order valence-electron chi connectivity index (χ2n) is 0. The summed E-state index contributed by atoms with van der Waals surface area (Å²) in [6, 6.07) is 0. The van der Waals surface area contributed by atoms with Gasteiger partial charge in [-0.05, 0) is 0 Å². The van der Waals surface area contributed by atoms with Gasteiger partial charge in [0.1, 0.15) is 0 Å². The molecule has 0 heterocycles. The molecule has 0 aliphatic heterocycles. The van der Waals surface area contributed by atoms with Crippen LogP contribution >= 0.6 is 0 Å². The molecule has 0 N–H and O–H groups in total. The van der Waals surface area contributed by atoms with Gasteiger partial charge in [0.25, 0.3) is 0 Å². The second-order valence-corrected chi connectivity index (χ2v) is 0. The van der Waals surface area contributed by atoms with E-state index in [1.165, 1.54) is 0 Å². The predicted molar refractivity (Wildman–Crippen MR) is 0 cm³/mol. The van der Waals surface area contributed by atoms with Crippen LogP contribution in [0.5, 0.6) is 0 Å². The topological polar surface area (TPSA) is 0 Å². The minimum atomic E-state index is 0. The Morgan fingerprint density at radius 2 is 0.500 bits per heavy atom. The number of rotatable bonds is 0. The third kappa shape index (κ3) is 8.82. The molecule has 4 heteroatoms. The van der Waals surface area contributed by atoms with E-state index in [1.807, 2.05) is 0 Å². The average Bonchev–Trinajstić information content (AvgIpc) is 0. The quantitative estimate of drug-likeness (QED) is 0.325. The molecule has 0 fully saturated rings. The molecule has 0 amide bonds. The summed E-state index contributed by atoms with van der Waals surface area (Å²) in [5.41, 5.74) is 0. The van der Waals surface area contributed by atoms with Crippen molar-refractivity contribution in [2.75, 3.05) is 0 Å². The van der Waals surface area contributed by atoms with Crippen LogP contribution in [0.1, 0.15) is 0 Å². The monoisotopic (exact) mass is 648 g/mol. The van der Waals surface area contributed by atoms with Gasteiger partial charge in [0, 0.05) is 80.3 Å². The zero-order valence-corrected chi connectivity index (χ0v) is 9.01. The van der Waals surface area contributed by atoms with E-state index in [0.717, 1.165) is 0 Å². The molecule has 0 saturated heterocycles. The van der Waals surface area contributed by atoms with Crippen LogP contribution in [0.15, 0.2) is 0 Å². The van der Waals surface area contributed by atoms with Crippen LogP contribution in [0.25, 0.3) is 0 Å². The maximum absolute atomic E-state index is 0. The van der Waals surface area contributed by atoms with Crippen molar-refractivity contribution in [3.8, 4) is 0 Å². The Labute approximate surface area is 79.1 Å². The number of hydrogen-bond donors (Lipinski definition) is 0. The molecule has 0 saturated carbocycles. The van der Waals surface area contributed by atoms with Crippen LogP contribution < -0.4 is 0 Å². The van der Waals surface area contributed by atoms with Gasteiger partial charge >= 0.3 is 0 Å². The van der Waals surface area contributed by atoms with Crippen LogP contribution in [-0.4, -0.2) is 0 Å². The third-order valence-electron chi connectivity index (χ3n) is 0. The molecule has 4 heavy (non-hydrogen) atoms. The zero-order valence-electron chi connectivity index (χ0n) is 1.25. The van der Waals surface area contributed by atoms with Crippen LogP contribution in [-0.2, 0) is 80.3 Å². The van der Waals surface area contributed by atoms with Gasteiger partial charge in [-0.1, -0.05) is 0 Å². The fraction of sp³-hybridized carbons (Fsp3) is 0.